The Morgan fingerprint density at radius 3 is 2.39 bits per heavy atom. The molecule has 4 aromatic rings. The van der Waals surface area contributed by atoms with Gasteiger partial charge >= 0.3 is 0 Å². The highest BCUT2D eigenvalue weighted by Gasteiger charge is 2.35. The second-order valence-corrected chi connectivity index (χ2v) is 15.7. The highest BCUT2D eigenvalue weighted by molar-refractivity contribution is 7.65. The number of aryl methyl sites for hydroxylation is 1. The van der Waals surface area contributed by atoms with Crippen LogP contribution in [0.3, 0.4) is 0 Å². The van der Waals surface area contributed by atoms with Crippen molar-refractivity contribution in [3.63, 3.8) is 0 Å². The standard InChI is InChI=1S/C35H46N9OP/c1-22-17-29(31(45-4)18-30(22)43-15-11-24(12-16-43)44-20-25(21-44)42(2)3)40-35-38-19-26(23-7-8-23)34(41-35)39-28-10-9-27-32(33(28)46(5)6)37-14-13-36-27/h9-10,13-14,17-19,23-25H,7-8,11-12,15-16,20-21H2,1-6H3,(H2,38,39,40,41). The minimum Gasteiger partial charge on any atom is -0.494 e. The lowest BCUT2D eigenvalue weighted by molar-refractivity contribution is 0.0188. The monoisotopic (exact) mass is 639 g/mol. The molecule has 0 unspecified atom stereocenters. The lowest BCUT2D eigenvalue weighted by atomic mass is 9.96. The van der Waals surface area contributed by atoms with Gasteiger partial charge in [0, 0.05) is 85.2 Å². The molecule has 0 spiro atoms. The number of methoxy groups -OCH3 is 1. The van der Waals surface area contributed by atoms with E-state index in [1.807, 2.05) is 12.3 Å². The fourth-order valence-electron chi connectivity index (χ4n) is 6.94. The molecule has 3 fully saturated rings. The summed E-state index contributed by atoms with van der Waals surface area (Å²) in [7, 11) is 5.67. The first-order chi connectivity index (χ1) is 22.3. The van der Waals surface area contributed by atoms with Crippen LogP contribution in [0.15, 0.2) is 42.9 Å². The quantitative estimate of drug-likeness (QED) is 0.211. The number of rotatable bonds is 10. The van der Waals surface area contributed by atoms with Crippen LogP contribution in [0.25, 0.3) is 11.0 Å². The van der Waals surface area contributed by atoms with Crippen LogP contribution in [0, 0.1) is 6.92 Å². The van der Waals surface area contributed by atoms with Crippen LogP contribution in [0.5, 0.6) is 5.75 Å². The number of hydrogen-bond acceptors (Lipinski definition) is 10. The van der Waals surface area contributed by atoms with Gasteiger partial charge in [-0.15, -0.1) is 0 Å². The fraction of sp³-hybridized carbons (Fsp3) is 0.486. The Hall–Kier alpha value is -3.59. The van der Waals surface area contributed by atoms with Gasteiger partial charge in [-0.1, -0.05) is 7.92 Å². The van der Waals surface area contributed by atoms with Crippen molar-refractivity contribution in [1.29, 1.82) is 0 Å². The van der Waals surface area contributed by atoms with Crippen molar-refractivity contribution in [2.75, 3.05) is 76.2 Å². The Morgan fingerprint density at radius 1 is 0.935 bits per heavy atom. The number of anilines is 5. The minimum atomic E-state index is -0.445. The smallest absolute Gasteiger partial charge is 0.229 e. The van der Waals surface area contributed by atoms with Crippen LogP contribution in [0.4, 0.5) is 28.8 Å². The predicted molar refractivity (Wildman–Crippen MR) is 191 cm³/mol. The third kappa shape index (κ3) is 6.23. The summed E-state index contributed by atoms with van der Waals surface area (Å²) in [5.41, 5.74) is 7.38. The molecule has 46 heavy (non-hydrogen) atoms. The lowest BCUT2D eigenvalue weighted by Gasteiger charge is -2.49. The van der Waals surface area contributed by atoms with E-state index in [0.717, 1.165) is 65.5 Å². The van der Waals surface area contributed by atoms with E-state index < -0.39 is 7.92 Å². The third-order valence-electron chi connectivity index (χ3n) is 9.86. The molecule has 3 aliphatic rings. The van der Waals surface area contributed by atoms with Crippen LogP contribution in [0.2, 0.25) is 0 Å². The summed E-state index contributed by atoms with van der Waals surface area (Å²) in [6, 6.07) is 9.89. The molecule has 1 saturated carbocycles. The molecule has 10 nitrogen and oxygen atoms in total. The second kappa shape index (κ2) is 12.9. The molecule has 2 N–H and O–H groups in total. The normalized spacial score (nSPS) is 18.0. The number of likely N-dealkylation sites (tertiary alicyclic amines) is 1. The summed E-state index contributed by atoms with van der Waals surface area (Å²) in [5, 5.41) is 8.39. The van der Waals surface area contributed by atoms with Gasteiger partial charge in [0.05, 0.1) is 23.8 Å². The molecule has 2 aromatic heterocycles. The van der Waals surface area contributed by atoms with E-state index in [0.29, 0.717) is 23.9 Å². The van der Waals surface area contributed by atoms with Crippen molar-refractivity contribution in [3.8, 4) is 5.75 Å². The number of nitrogens with one attached hydrogen (secondary N) is 2. The molecule has 0 amide bonds. The molecule has 4 heterocycles. The predicted octanol–water partition coefficient (Wildman–Crippen LogP) is 5.68. The highest BCUT2D eigenvalue weighted by Crippen LogP contribution is 2.44. The maximum atomic E-state index is 5.92. The van der Waals surface area contributed by atoms with E-state index in [1.54, 1.807) is 19.5 Å². The Balaban J connectivity index is 1.10. The molecule has 0 atom stereocenters. The zero-order valence-electron chi connectivity index (χ0n) is 27.9. The third-order valence-corrected chi connectivity index (χ3v) is 11.2. The number of aromatic nitrogens is 4. The molecule has 2 aliphatic heterocycles. The molecule has 11 heteroatoms. The first-order valence-corrected chi connectivity index (χ1v) is 18.7. The summed E-state index contributed by atoms with van der Waals surface area (Å²) >= 11 is 0. The first kappa shape index (κ1) is 31.0. The van der Waals surface area contributed by atoms with Gasteiger partial charge in [-0.3, -0.25) is 14.9 Å². The maximum absolute atomic E-state index is 5.92. The highest BCUT2D eigenvalue weighted by atomic mass is 31.1. The zero-order chi connectivity index (χ0) is 31.9. The Morgan fingerprint density at radius 2 is 1.70 bits per heavy atom. The maximum Gasteiger partial charge on any atom is 0.229 e. The van der Waals surface area contributed by atoms with Gasteiger partial charge in [0.2, 0.25) is 5.95 Å². The number of likely N-dealkylation sites (N-methyl/N-ethyl adjacent to an activating group) is 1. The van der Waals surface area contributed by atoms with Crippen LogP contribution in [-0.4, -0.2) is 103 Å². The lowest BCUT2D eigenvalue weighted by Crippen LogP contribution is -2.62. The summed E-state index contributed by atoms with van der Waals surface area (Å²) in [5.74, 6) is 2.67. The molecular weight excluding hydrogens is 593 g/mol. The van der Waals surface area contributed by atoms with Crippen molar-refractivity contribution >= 4 is 53.1 Å². The van der Waals surface area contributed by atoms with E-state index >= 15 is 0 Å². The SMILES string of the molecule is COc1cc(N2CCC(N3CC(N(C)C)C3)CC2)c(C)cc1Nc1ncc(C2CC2)c(Nc2ccc3nccnc3c2P(C)C)n1. The van der Waals surface area contributed by atoms with Crippen molar-refractivity contribution in [1.82, 2.24) is 29.7 Å². The van der Waals surface area contributed by atoms with Gasteiger partial charge in [0.15, 0.2) is 0 Å². The van der Waals surface area contributed by atoms with Gasteiger partial charge in [-0.25, -0.2) is 4.98 Å². The number of fused-ring (bicyclic) bond motifs is 1. The fourth-order valence-corrected chi connectivity index (χ4v) is 8.15. The molecule has 242 valence electrons. The van der Waals surface area contributed by atoms with E-state index in [4.69, 9.17) is 14.7 Å². The average Bonchev–Trinajstić information content (AvgIpc) is 3.86. The Labute approximate surface area is 273 Å². The second-order valence-electron chi connectivity index (χ2n) is 13.4. The van der Waals surface area contributed by atoms with E-state index in [2.05, 4.69) is 87.8 Å². The molecular formula is C35H46N9OP. The van der Waals surface area contributed by atoms with Gasteiger partial charge in [0.25, 0.3) is 0 Å². The zero-order valence-corrected chi connectivity index (χ0v) is 28.8. The van der Waals surface area contributed by atoms with Gasteiger partial charge in [0.1, 0.15) is 11.6 Å². The molecule has 2 saturated heterocycles. The summed E-state index contributed by atoms with van der Waals surface area (Å²) < 4.78 is 5.92. The van der Waals surface area contributed by atoms with E-state index in [9.17, 15) is 0 Å². The topological polar surface area (TPSA) is 94.6 Å². The van der Waals surface area contributed by atoms with Gasteiger partial charge in [-0.05, 0) is 89.7 Å². The Kier molecular flexibility index (Phi) is 8.70. The van der Waals surface area contributed by atoms with Crippen LogP contribution in [0.1, 0.15) is 42.7 Å². The van der Waals surface area contributed by atoms with E-state index in [1.165, 1.54) is 42.5 Å². The molecule has 0 bridgehead atoms. The van der Waals surface area contributed by atoms with Crippen LogP contribution < -0.4 is 25.6 Å². The number of piperidine rings is 1. The summed E-state index contributed by atoms with van der Waals surface area (Å²) in [6.45, 7) is 11.2. The van der Waals surface area contributed by atoms with Crippen molar-refractivity contribution in [2.45, 2.75) is 50.6 Å². The summed E-state index contributed by atoms with van der Waals surface area (Å²) in [4.78, 5) is 26.6. The van der Waals surface area contributed by atoms with Gasteiger partial charge < -0.3 is 25.2 Å². The minimum absolute atomic E-state index is 0.445. The average molecular weight is 640 g/mol. The Bertz CT molecular complexity index is 1710. The van der Waals surface area contributed by atoms with Gasteiger partial charge in [-0.2, -0.15) is 4.98 Å². The number of hydrogen-bond donors (Lipinski definition) is 2. The number of ether oxygens (including phenoxy) is 1. The first-order valence-electron chi connectivity index (χ1n) is 16.4. The van der Waals surface area contributed by atoms with Crippen molar-refractivity contribution < 1.29 is 4.74 Å². The number of nitrogens with zero attached hydrogens (tertiary/aromatic N) is 7. The van der Waals surface area contributed by atoms with E-state index in [-0.39, 0.29) is 0 Å². The molecule has 2 aromatic carbocycles. The summed E-state index contributed by atoms with van der Waals surface area (Å²) in [6.07, 6.45) is 10.2. The van der Waals surface area contributed by atoms with Crippen LogP contribution >= 0.6 is 7.92 Å². The largest absolute Gasteiger partial charge is 0.494 e. The number of benzene rings is 2. The van der Waals surface area contributed by atoms with Crippen molar-refractivity contribution in [3.05, 3.63) is 54.0 Å². The molecule has 1 aliphatic carbocycles. The van der Waals surface area contributed by atoms with Crippen LogP contribution in [-0.2, 0) is 0 Å². The van der Waals surface area contributed by atoms with Crippen molar-refractivity contribution in [2.24, 2.45) is 0 Å². The molecule has 0 radical (unpaired) electrons. The molecule has 7 rings (SSSR count).